The minimum atomic E-state index is -1.10. The van der Waals surface area contributed by atoms with E-state index in [1.54, 1.807) is 42.0 Å². The summed E-state index contributed by atoms with van der Waals surface area (Å²) < 4.78 is 0. The van der Waals surface area contributed by atoms with Gasteiger partial charge in [0.1, 0.15) is 0 Å². The molecule has 0 bridgehead atoms. The van der Waals surface area contributed by atoms with Crippen LogP contribution in [0.2, 0.25) is 0 Å². The number of allylic oxidation sites excluding steroid dienone is 4. The van der Waals surface area contributed by atoms with Crippen molar-refractivity contribution in [3.8, 4) is 0 Å². The van der Waals surface area contributed by atoms with Gasteiger partial charge in [0.15, 0.2) is 0 Å². The van der Waals surface area contributed by atoms with Gasteiger partial charge in [0.2, 0.25) is 0 Å². The molecular formula is C46H58N2O6. The number of rotatable bonds is 7. The number of hydrogen-bond acceptors (Lipinski definition) is 4. The number of carbonyl (C=O) groups excluding carboxylic acids is 2. The Hall–Kier alpha value is -4.20. The molecule has 2 amide bonds. The summed E-state index contributed by atoms with van der Waals surface area (Å²) in [6.07, 6.45) is 14.3. The summed E-state index contributed by atoms with van der Waals surface area (Å²) >= 11 is 0. The lowest BCUT2D eigenvalue weighted by Gasteiger charge is -2.69. The van der Waals surface area contributed by atoms with E-state index in [1.807, 2.05) is 0 Å². The first-order valence-electron chi connectivity index (χ1n) is 20.0. The Morgan fingerprint density at radius 2 is 1.28 bits per heavy atom. The van der Waals surface area contributed by atoms with Crippen LogP contribution in [0, 0.1) is 44.3 Å². The van der Waals surface area contributed by atoms with Crippen LogP contribution in [0.3, 0.4) is 0 Å². The molecule has 5 aliphatic rings. The summed E-state index contributed by atoms with van der Waals surface area (Å²) in [6, 6.07) is 12.8. The molecule has 7 rings (SSSR count). The van der Waals surface area contributed by atoms with Crippen molar-refractivity contribution in [2.75, 3.05) is 6.54 Å². The van der Waals surface area contributed by atoms with Crippen molar-refractivity contribution >= 4 is 23.8 Å². The Kier molecular flexibility index (Phi) is 9.13. The van der Waals surface area contributed by atoms with Crippen molar-refractivity contribution in [2.24, 2.45) is 44.3 Å². The van der Waals surface area contributed by atoms with E-state index < -0.39 is 11.9 Å². The summed E-state index contributed by atoms with van der Waals surface area (Å²) in [7, 11) is 0. The average Bonchev–Trinajstić information content (AvgIpc) is 3.13. The number of carboxylic acid groups (broad SMARTS) is 2. The first-order chi connectivity index (χ1) is 25.3. The lowest BCUT2D eigenvalue weighted by atomic mass is 9.35. The molecule has 8 heteroatoms. The van der Waals surface area contributed by atoms with Gasteiger partial charge in [0.25, 0.3) is 11.8 Å². The number of benzene rings is 2. The van der Waals surface area contributed by atoms with E-state index in [9.17, 15) is 29.4 Å². The maximum atomic E-state index is 13.6. The highest BCUT2D eigenvalue weighted by Crippen LogP contribution is 2.74. The van der Waals surface area contributed by atoms with Crippen LogP contribution in [0.25, 0.3) is 0 Å². The number of carboxylic acids is 2. The Balaban J connectivity index is 1.15. The first kappa shape index (κ1) is 38.1. The van der Waals surface area contributed by atoms with Crippen LogP contribution < -0.4 is 10.6 Å². The van der Waals surface area contributed by atoms with Gasteiger partial charge in [0, 0.05) is 12.6 Å². The molecule has 6 unspecified atom stereocenters. The summed E-state index contributed by atoms with van der Waals surface area (Å²) in [5.74, 6) is -2.10. The van der Waals surface area contributed by atoms with Gasteiger partial charge in [0.05, 0.1) is 22.3 Å². The van der Waals surface area contributed by atoms with E-state index in [1.165, 1.54) is 17.7 Å². The Bertz CT molecular complexity index is 1980. The number of nitrogens with one attached hydrogen (secondary N) is 2. The second kappa shape index (κ2) is 12.9. The lowest BCUT2D eigenvalue weighted by molar-refractivity contribution is -0.158. The first-order valence-corrected chi connectivity index (χ1v) is 20.0. The van der Waals surface area contributed by atoms with Crippen molar-refractivity contribution in [1.29, 1.82) is 0 Å². The second-order valence-corrected chi connectivity index (χ2v) is 19.4. The van der Waals surface area contributed by atoms with E-state index >= 15 is 0 Å². The molecule has 0 saturated heterocycles. The minimum Gasteiger partial charge on any atom is -0.478 e. The highest BCUT2D eigenvalue weighted by atomic mass is 16.4. The van der Waals surface area contributed by atoms with E-state index in [4.69, 9.17) is 0 Å². The zero-order valence-electron chi connectivity index (χ0n) is 33.1. The van der Waals surface area contributed by atoms with Gasteiger partial charge in [-0.1, -0.05) is 90.5 Å². The van der Waals surface area contributed by atoms with Crippen LogP contribution in [0.1, 0.15) is 148 Å². The molecule has 2 aromatic carbocycles. The lowest BCUT2D eigenvalue weighted by Crippen LogP contribution is -2.64. The SMILES string of the molecule is CC12CC[C@](C)(CNC(=O)c3ccccc3C(=O)O)CC1=C1C=CC3C4(C)CCC(NC(=O)c5ccccc5C(=O)O)C(C)(C)C4CCC3(C)[C@]1(C)CC2. The molecule has 8 atom stereocenters. The van der Waals surface area contributed by atoms with E-state index in [0.29, 0.717) is 18.4 Å². The zero-order chi connectivity index (χ0) is 39.1. The van der Waals surface area contributed by atoms with E-state index in [0.717, 1.165) is 57.8 Å². The monoisotopic (exact) mass is 734 g/mol. The summed E-state index contributed by atoms with van der Waals surface area (Å²) in [5, 5.41) is 25.8. The maximum absolute atomic E-state index is 13.6. The van der Waals surface area contributed by atoms with Gasteiger partial charge in [-0.15, -0.1) is 0 Å². The van der Waals surface area contributed by atoms with Gasteiger partial charge in [-0.25, -0.2) is 9.59 Å². The van der Waals surface area contributed by atoms with Crippen LogP contribution >= 0.6 is 0 Å². The zero-order valence-corrected chi connectivity index (χ0v) is 33.1. The molecule has 3 saturated carbocycles. The fourth-order valence-electron chi connectivity index (χ4n) is 12.5. The molecule has 8 nitrogen and oxygen atoms in total. The number of hydrogen-bond donors (Lipinski definition) is 4. The minimum absolute atomic E-state index is 0.00703. The van der Waals surface area contributed by atoms with Crippen molar-refractivity contribution in [3.63, 3.8) is 0 Å². The molecular weight excluding hydrogens is 677 g/mol. The third kappa shape index (κ3) is 5.76. The molecule has 2 aromatic rings. The van der Waals surface area contributed by atoms with Crippen molar-refractivity contribution in [3.05, 3.63) is 94.1 Å². The van der Waals surface area contributed by atoms with Crippen molar-refractivity contribution in [2.45, 2.75) is 112 Å². The predicted octanol–water partition coefficient (Wildman–Crippen LogP) is 9.33. The van der Waals surface area contributed by atoms with Crippen LogP contribution in [-0.4, -0.2) is 46.6 Å². The average molecular weight is 735 g/mol. The fraction of sp³-hybridized carbons (Fsp3) is 0.565. The summed E-state index contributed by atoms with van der Waals surface area (Å²) in [5.41, 5.74) is 3.34. The van der Waals surface area contributed by atoms with Gasteiger partial charge >= 0.3 is 11.9 Å². The van der Waals surface area contributed by atoms with Gasteiger partial charge in [-0.05, 0) is 132 Å². The van der Waals surface area contributed by atoms with E-state index in [-0.39, 0.29) is 72.6 Å². The molecule has 0 aromatic heterocycles. The smallest absolute Gasteiger partial charge is 0.336 e. The summed E-state index contributed by atoms with van der Waals surface area (Å²) in [4.78, 5) is 50.6. The molecule has 0 heterocycles. The maximum Gasteiger partial charge on any atom is 0.336 e. The van der Waals surface area contributed by atoms with Crippen LogP contribution in [0.5, 0.6) is 0 Å². The number of amides is 2. The molecule has 4 N–H and O–H groups in total. The van der Waals surface area contributed by atoms with Crippen LogP contribution in [0.4, 0.5) is 0 Å². The Morgan fingerprint density at radius 3 is 1.89 bits per heavy atom. The molecule has 0 spiro atoms. The van der Waals surface area contributed by atoms with Crippen molar-refractivity contribution in [1.82, 2.24) is 10.6 Å². The number of fused-ring (bicyclic) bond motifs is 6. The number of aromatic carboxylic acids is 2. The third-order valence-electron chi connectivity index (χ3n) is 16.1. The van der Waals surface area contributed by atoms with E-state index in [2.05, 4.69) is 71.3 Å². The molecule has 3 fully saturated rings. The summed E-state index contributed by atoms with van der Waals surface area (Å²) in [6.45, 7) is 17.4. The molecule has 5 aliphatic carbocycles. The molecule has 54 heavy (non-hydrogen) atoms. The third-order valence-corrected chi connectivity index (χ3v) is 16.1. The van der Waals surface area contributed by atoms with Gasteiger partial charge in [-0.3, -0.25) is 9.59 Å². The standard InChI is InChI=1S/C46H58N2O6/c1-41(2)34-18-21-46(7)35(44(34,5)20-19-36(41)48-38(50)29-13-9-11-15-31(29)40(53)54)17-16-32-33-26-42(3,22-23-43(33,4)24-25-45(32,46)6)27-47-37(49)28-12-8-10-14-30(28)39(51)52/h8-17,34-36H,18-27H2,1-7H3,(H,47,49)(H,48,50)(H,51,52)(H,53,54)/t34?,35?,36?,42-,43?,44?,45+,46?/m0/s1. The van der Waals surface area contributed by atoms with Crippen molar-refractivity contribution < 1.29 is 29.4 Å². The molecule has 288 valence electrons. The quantitative estimate of drug-likeness (QED) is 0.224. The molecule has 0 radical (unpaired) electrons. The normalized spacial score (nSPS) is 36.5. The highest BCUT2D eigenvalue weighted by molar-refractivity contribution is 6.05. The Labute approximate surface area is 320 Å². The molecule has 0 aliphatic heterocycles. The van der Waals surface area contributed by atoms with Crippen LogP contribution in [-0.2, 0) is 0 Å². The largest absolute Gasteiger partial charge is 0.478 e. The predicted molar refractivity (Wildman–Crippen MR) is 209 cm³/mol. The second-order valence-electron chi connectivity index (χ2n) is 19.4. The van der Waals surface area contributed by atoms with Gasteiger partial charge < -0.3 is 20.8 Å². The highest BCUT2D eigenvalue weighted by Gasteiger charge is 2.66. The number of carbonyl (C=O) groups is 4. The topological polar surface area (TPSA) is 133 Å². The Morgan fingerprint density at radius 1 is 0.704 bits per heavy atom. The van der Waals surface area contributed by atoms with Crippen LogP contribution in [0.15, 0.2) is 71.8 Å². The van der Waals surface area contributed by atoms with Gasteiger partial charge in [-0.2, -0.15) is 0 Å². The fourth-order valence-corrected chi connectivity index (χ4v) is 12.5.